The SMILES string of the molecule is CC(C)CC(=O)Nn1c(O)c(/C=C2/C=Nc3ccccc32)sc1=S. The van der Waals surface area contributed by atoms with Crippen molar-refractivity contribution in [2.45, 2.75) is 20.3 Å². The quantitative estimate of drug-likeness (QED) is 0.797. The standard InChI is InChI=1S/C17H17N3O2S2/c1-10(2)7-15(21)19-20-16(22)14(24-17(20)23)8-11-9-18-13-6-4-3-5-12(11)13/h3-6,8-10,22H,7H2,1-2H3,(H,19,21)/b11-8-. The molecule has 0 aliphatic carbocycles. The lowest BCUT2D eigenvalue weighted by atomic mass is 10.1. The first-order chi connectivity index (χ1) is 11.5. The number of carbonyl (C=O) groups excluding carboxylic acids is 1. The van der Waals surface area contributed by atoms with E-state index in [0.717, 1.165) is 16.8 Å². The Morgan fingerprint density at radius 1 is 1.46 bits per heavy atom. The Balaban J connectivity index is 1.91. The summed E-state index contributed by atoms with van der Waals surface area (Å²) in [7, 11) is 0. The van der Waals surface area contributed by atoms with E-state index in [9.17, 15) is 9.90 Å². The predicted octanol–water partition coefficient (Wildman–Crippen LogP) is 4.36. The number of rotatable bonds is 4. The van der Waals surface area contributed by atoms with Gasteiger partial charge in [0, 0.05) is 23.8 Å². The molecule has 1 aliphatic heterocycles. The van der Waals surface area contributed by atoms with Crippen LogP contribution in [0.4, 0.5) is 5.69 Å². The summed E-state index contributed by atoms with van der Waals surface area (Å²) < 4.78 is 1.65. The van der Waals surface area contributed by atoms with Gasteiger partial charge in [0.25, 0.3) is 0 Å². The normalized spacial score (nSPS) is 14.4. The van der Waals surface area contributed by atoms with E-state index < -0.39 is 0 Å². The van der Waals surface area contributed by atoms with E-state index in [0.29, 0.717) is 15.3 Å². The van der Waals surface area contributed by atoms with Crippen LogP contribution in [0.3, 0.4) is 0 Å². The van der Waals surface area contributed by atoms with Crippen LogP contribution in [0, 0.1) is 9.87 Å². The second-order valence-corrected chi connectivity index (χ2v) is 7.57. The highest BCUT2D eigenvalue weighted by Gasteiger charge is 2.16. The molecule has 2 N–H and O–H groups in total. The summed E-state index contributed by atoms with van der Waals surface area (Å²) in [5.41, 5.74) is 5.45. The van der Waals surface area contributed by atoms with E-state index in [-0.39, 0.29) is 17.7 Å². The molecule has 24 heavy (non-hydrogen) atoms. The zero-order chi connectivity index (χ0) is 17.3. The summed E-state index contributed by atoms with van der Waals surface area (Å²) in [6.07, 6.45) is 3.96. The number of benzene rings is 1. The van der Waals surface area contributed by atoms with Gasteiger partial charge in [-0.15, -0.1) is 0 Å². The number of hydrogen-bond donors (Lipinski definition) is 2. The van der Waals surface area contributed by atoms with Crippen LogP contribution >= 0.6 is 23.6 Å². The van der Waals surface area contributed by atoms with Crippen molar-refractivity contribution in [1.82, 2.24) is 4.68 Å². The summed E-state index contributed by atoms with van der Waals surface area (Å²) in [6, 6.07) is 7.79. The fourth-order valence-corrected chi connectivity index (χ4v) is 3.59. The molecule has 3 rings (SSSR count). The summed E-state index contributed by atoms with van der Waals surface area (Å²) in [5.74, 6) is -0.0127. The number of aromatic hydroxyl groups is 1. The van der Waals surface area contributed by atoms with Crippen molar-refractivity contribution >= 4 is 53.0 Å². The Kier molecular flexibility index (Phi) is 4.64. The Morgan fingerprint density at radius 2 is 2.21 bits per heavy atom. The second kappa shape index (κ2) is 6.70. The minimum Gasteiger partial charge on any atom is -0.492 e. The summed E-state index contributed by atoms with van der Waals surface area (Å²) >= 11 is 6.49. The van der Waals surface area contributed by atoms with Crippen molar-refractivity contribution in [3.05, 3.63) is 38.7 Å². The molecule has 7 heteroatoms. The maximum atomic E-state index is 11.9. The number of thiazole rings is 1. The molecule has 0 saturated heterocycles. The first kappa shape index (κ1) is 16.6. The molecule has 2 aromatic rings. The number of aliphatic imine (C=N–C) groups is 1. The van der Waals surface area contributed by atoms with Crippen LogP contribution in [0.2, 0.25) is 0 Å². The van der Waals surface area contributed by atoms with Gasteiger partial charge in [-0.3, -0.25) is 15.2 Å². The number of nitrogens with zero attached hydrogens (tertiary/aromatic N) is 2. The van der Waals surface area contributed by atoms with Crippen LogP contribution < -0.4 is 5.43 Å². The van der Waals surface area contributed by atoms with E-state index in [1.54, 1.807) is 6.21 Å². The van der Waals surface area contributed by atoms with E-state index in [4.69, 9.17) is 12.2 Å². The van der Waals surface area contributed by atoms with Crippen molar-refractivity contribution < 1.29 is 9.90 Å². The number of para-hydroxylation sites is 1. The largest absolute Gasteiger partial charge is 0.492 e. The minimum absolute atomic E-state index is 0.0626. The maximum absolute atomic E-state index is 11.9. The molecule has 0 radical (unpaired) electrons. The van der Waals surface area contributed by atoms with Gasteiger partial charge in [-0.05, 0) is 30.3 Å². The van der Waals surface area contributed by atoms with Crippen LogP contribution in [0.15, 0.2) is 29.3 Å². The topological polar surface area (TPSA) is 66.6 Å². The number of allylic oxidation sites excluding steroid dienone is 1. The fraction of sp³-hybridized carbons (Fsp3) is 0.235. The fourth-order valence-electron chi connectivity index (χ4n) is 2.41. The van der Waals surface area contributed by atoms with E-state index in [1.807, 2.05) is 44.2 Å². The molecule has 1 amide bonds. The number of hydrogen-bond acceptors (Lipinski definition) is 5. The molecular weight excluding hydrogens is 342 g/mol. The van der Waals surface area contributed by atoms with Crippen molar-refractivity contribution in [3.8, 4) is 5.88 Å². The lowest BCUT2D eigenvalue weighted by Gasteiger charge is -2.08. The summed E-state index contributed by atoms with van der Waals surface area (Å²) in [6.45, 7) is 3.91. The van der Waals surface area contributed by atoms with Crippen molar-refractivity contribution in [1.29, 1.82) is 0 Å². The van der Waals surface area contributed by atoms with Gasteiger partial charge in [0.1, 0.15) is 0 Å². The van der Waals surface area contributed by atoms with Gasteiger partial charge in [-0.2, -0.15) is 4.68 Å². The van der Waals surface area contributed by atoms with Crippen LogP contribution in [0.1, 0.15) is 30.7 Å². The van der Waals surface area contributed by atoms with Crippen LogP contribution in [0.25, 0.3) is 11.6 Å². The van der Waals surface area contributed by atoms with Crippen LogP contribution in [-0.4, -0.2) is 21.9 Å². The zero-order valence-electron chi connectivity index (χ0n) is 13.3. The van der Waals surface area contributed by atoms with Gasteiger partial charge < -0.3 is 5.11 Å². The molecule has 0 unspecified atom stereocenters. The molecule has 0 spiro atoms. The van der Waals surface area contributed by atoms with Gasteiger partial charge in [0.05, 0.1) is 10.6 Å². The predicted molar refractivity (Wildman–Crippen MR) is 101 cm³/mol. The average molecular weight is 359 g/mol. The molecule has 0 bridgehead atoms. The highest BCUT2D eigenvalue weighted by Crippen LogP contribution is 2.35. The lowest BCUT2D eigenvalue weighted by Crippen LogP contribution is -2.23. The number of nitrogens with one attached hydrogen (secondary N) is 1. The third kappa shape index (κ3) is 3.32. The Labute approximate surface area is 149 Å². The molecule has 124 valence electrons. The number of aromatic nitrogens is 1. The van der Waals surface area contributed by atoms with E-state index >= 15 is 0 Å². The highest BCUT2D eigenvalue weighted by atomic mass is 32.1. The number of fused-ring (bicyclic) bond motifs is 1. The van der Waals surface area contributed by atoms with Crippen LogP contribution in [-0.2, 0) is 4.79 Å². The first-order valence-electron chi connectivity index (χ1n) is 7.55. The Bertz CT molecular complexity index is 907. The van der Waals surface area contributed by atoms with Crippen LogP contribution in [0.5, 0.6) is 5.88 Å². The number of amides is 1. The first-order valence-corrected chi connectivity index (χ1v) is 8.78. The molecule has 5 nitrogen and oxygen atoms in total. The zero-order valence-corrected chi connectivity index (χ0v) is 14.9. The smallest absolute Gasteiger partial charge is 0.239 e. The van der Waals surface area contributed by atoms with Gasteiger partial charge in [0.15, 0.2) is 3.95 Å². The van der Waals surface area contributed by atoms with Crippen molar-refractivity contribution in [2.24, 2.45) is 10.9 Å². The van der Waals surface area contributed by atoms with Crippen molar-refractivity contribution in [3.63, 3.8) is 0 Å². The molecule has 1 aliphatic rings. The second-order valence-electron chi connectivity index (χ2n) is 5.90. The molecular formula is C17H17N3O2S2. The monoisotopic (exact) mass is 359 g/mol. The molecule has 1 aromatic heterocycles. The number of carbonyl (C=O) groups is 1. The molecule has 1 aromatic carbocycles. The van der Waals surface area contributed by atoms with Gasteiger partial charge >= 0.3 is 0 Å². The van der Waals surface area contributed by atoms with Crippen molar-refractivity contribution in [2.75, 3.05) is 5.43 Å². The van der Waals surface area contributed by atoms with E-state index in [1.165, 1.54) is 16.0 Å². The Hall–Kier alpha value is -2.25. The maximum Gasteiger partial charge on any atom is 0.239 e. The average Bonchev–Trinajstić information content (AvgIpc) is 3.04. The Morgan fingerprint density at radius 3 is 2.96 bits per heavy atom. The molecule has 0 saturated carbocycles. The van der Waals surface area contributed by atoms with Gasteiger partial charge in [-0.1, -0.05) is 43.4 Å². The summed E-state index contributed by atoms with van der Waals surface area (Å²) in [5, 5.41) is 10.4. The minimum atomic E-state index is -0.179. The third-order valence-electron chi connectivity index (χ3n) is 3.49. The molecule has 2 heterocycles. The van der Waals surface area contributed by atoms with Gasteiger partial charge in [-0.25, -0.2) is 0 Å². The van der Waals surface area contributed by atoms with Gasteiger partial charge in [0.2, 0.25) is 11.8 Å². The summed E-state index contributed by atoms with van der Waals surface area (Å²) in [4.78, 5) is 16.9. The third-order valence-corrected chi connectivity index (χ3v) is 4.80. The lowest BCUT2D eigenvalue weighted by molar-refractivity contribution is -0.117. The molecule has 0 atom stereocenters. The highest BCUT2D eigenvalue weighted by molar-refractivity contribution is 7.73. The van der Waals surface area contributed by atoms with E-state index in [2.05, 4.69) is 10.4 Å². The molecule has 0 fully saturated rings.